The molecule has 0 N–H and O–H groups in total. The molecule has 0 atom stereocenters. The molecule has 0 spiro atoms. The van der Waals surface area contributed by atoms with Crippen LogP contribution < -0.4 is 0 Å². The molecule has 0 aliphatic rings. The minimum atomic E-state index is 0.194. The number of hydrogen-bond donors (Lipinski definition) is 0. The molecule has 1 aromatic heterocycles. The second-order valence-electron chi connectivity index (χ2n) is 3.73. The Kier molecular flexibility index (Phi) is 4.54. The van der Waals surface area contributed by atoms with Crippen molar-refractivity contribution in [3.63, 3.8) is 0 Å². The molecule has 0 amide bonds. The molecule has 0 aliphatic carbocycles. The molecule has 0 saturated heterocycles. The van der Waals surface area contributed by atoms with E-state index in [1.165, 1.54) is 0 Å². The standard InChI is InChI=1S/C13H6Cl4N2/c14-8-5-9(12(17)10(15)6-8)13-7(3-4-18)1-2-11(16)19-13/h1-2,5-6H,3H2. The Morgan fingerprint density at radius 3 is 2.53 bits per heavy atom. The zero-order valence-electron chi connectivity index (χ0n) is 9.42. The summed E-state index contributed by atoms with van der Waals surface area (Å²) in [6.07, 6.45) is 0.194. The molecule has 2 aromatic rings. The third-order valence-corrected chi connectivity index (χ3v) is 3.69. The van der Waals surface area contributed by atoms with Crippen LogP contribution in [-0.2, 0) is 6.42 Å². The summed E-state index contributed by atoms with van der Waals surface area (Å²) >= 11 is 24.0. The minimum Gasteiger partial charge on any atom is -0.236 e. The molecule has 0 bridgehead atoms. The van der Waals surface area contributed by atoms with Crippen LogP contribution in [0.25, 0.3) is 11.3 Å². The Labute approximate surface area is 130 Å². The molecule has 0 radical (unpaired) electrons. The number of benzene rings is 1. The SMILES string of the molecule is N#CCc1ccc(Cl)nc1-c1cc(Cl)cc(Cl)c1Cl. The van der Waals surface area contributed by atoms with Gasteiger partial charge in [-0.2, -0.15) is 5.26 Å². The van der Waals surface area contributed by atoms with Crippen molar-refractivity contribution in [3.05, 3.63) is 50.0 Å². The van der Waals surface area contributed by atoms with E-state index in [1.807, 2.05) is 0 Å². The molecule has 19 heavy (non-hydrogen) atoms. The van der Waals surface area contributed by atoms with Gasteiger partial charge in [0.1, 0.15) is 5.15 Å². The highest BCUT2D eigenvalue weighted by molar-refractivity contribution is 6.45. The van der Waals surface area contributed by atoms with Gasteiger partial charge in [-0.1, -0.05) is 52.5 Å². The van der Waals surface area contributed by atoms with Crippen molar-refractivity contribution in [1.82, 2.24) is 4.98 Å². The highest BCUT2D eigenvalue weighted by Gasteiger charge is 2.14. The van der Waals surface area contributed by atoms with E-state index in [0.717, 1.165) is 0 Å². The van der Waals surface area contributed by atoms with Crippen molar-refractivity contribution in [2.24, 2.45) is 0 Å². The first-order valence-electron chi connectivity index (χ1n) is 5.20. The molecule has 96 valence electrons. The van der Waals surface area contributed by atoms with Crippen LogP contribution in [0.4, 0.5) is 0 Å². The summed E-state index contributed by atoms with van der Waals surface area (Å²) < 4.78 is 0. The molecule has 0 aliphatic heterocycles. The summed E-state index contributed by atoms with van der Waals surface area (Å²) in [6, 6.07) is 8.62. The molecule has 1 heterocycles. The number of nitrogens with zero attached hydrogens (tertiary/aromatic N) is 2. The van der Waals surface area contributed by atoms with Crippen LogP contribution >= 0.6 is 46.4 Å². The van der Waals surface area contributed by atoms with Crippen molar-refractivity contribution < 1.29 is 0 Å². The fourth-order valence-corrected chi connectivity index (χ4v) is 2.49. The van der Waals surface area contributed by atoms with Gasteiger partial charge in [-0.3, -0.25) is 0 Å². The molecule has 6 heteroatoms. The lowest BCUT2D eigenvalue weighted by Crippen LogP contribution is -1.94. The van der Waals surface area contributed by atoms with Crippen LogP contribution in [-0.4, -0.2) is 4.98 Å². The van der Waals surface area contributed by atoms with Gasteiger partial charge in [-0.25, -0.2) is 4.98 Å². The maximum absolute atomic E-state index is 8.84. The van der Waals surface area contributed by atoms with E-state index in [2.05, 4.69) is 11.1 Å². The third-order valence-electron chi connectivity index (χ3n) is 2.46. The third kappa shape index (κ3) is 3.13. The summed E-state index contributed by atoms with van der Waals surface area (Å²) in [5.74, 6) is 0. The highest BCUT2D eigenvalue weighted by Crippen LogP contribution is 2.37. The second-order valence-corrected chi connectivity index (χ2v) is 5.33. The Hall–Kier alpha value is -0.980. The molecule has 1 aromatic carbocycles. The highest BCUT2D eigenvalue weighted by atomic mass is 35.5. The van der Waals surface area contributed by atoms with E-state index in [4.69, 9.17) is 51.7 Å². The van der Waals surface area contributed by atoms with Crippen molar-refractivity contribution in [1.29, 1.82) is 5.26 Å². The van der Waals surface area contributed by atoms with Gasteiger partial charge in [-0.15, -0.1) is 0 Å². The van der Waals surface area contributed by atoms with E-state index in [-0.39, 0.29) is 6.42 Å². The van der Waals surface area contributed by atoms with Crippen molar-refractivity contribution in [2.75, 3.05) is 0 Å². The van der Waals surface area contributed by atoms with Crippen molar-refractivity contribution >= 4 is 46.4 Å². The fraction of sp³-hybridized carbons (Fsp3) is 0.0769. The lowest BCUT2D eigenvalue weighted by Gasteiger charge is -2.10. The quantitative estimate of drug-likeness (QED) is 0.543. The van der Waals surface area contributed by atoms with Crippen molar-refractivity contribution in [3.8, 4) is 17.3 Å². The lowest BCUT2D eigenvalue weighted by molar-refractivity contribution is 1.20. The van der Waals surface area contributed by atoms with E-state index in [1.54, 1.807) is 24.3 Å². The summed E-state index contributed by atoms with van der Waals surface area (Å²) in [5, 5.41) is 10.3. The lowest BCUT2D eigenvalue weighted by atomic mass is 10.0. The zero-order chi connectivity index (χ0) is 14.0. The van der Waals surface area contributed by atoms with Gasteiger partial charge in [0.05, 0.1) is 28.2 Å². The van der Waals surface area contributed by atoms with Gasteiger partial charge >= 0.3 is 0 Å². The van der Waals surface area contributed by atoms with Gasteiger partial charge in [0, 0.05) is 10.6 Å². The zero-order valence-corrected chi connectivity index (χ0v) is 12.4. The van der Waals surface area contributed by atoms with E-state index >= 15 is 0 Å². The smallest absolute Gasteiger partial charge is 0.129 e. The van der Waals surface area contributed by atoms with E-state index in [0.29, 0.717) is 37.0 Å². The largest absolute Gasteiger partial charge is 0.236 e. The summed E-state index contributed by atoms with van der Waals surface area (Å²) in [6.45, 7) is 0. The average molecular weight is 332 g/mol. The average Bonchev–Trinajstić information content (AvgIpc) is 2.36. The predicted molar refractivity (Wildman–Crippen MR) is 79.0 cm³/mol. The van der Waals surface area contributed by atoms with Gasteiger partial charge < -0.3 is 0 Å². The number of hydrogen-bond acceptors (Lipinski definition) is 2. The predicted octanol–water partition coefficient (Wildman–Crippen LogP) is 5.43. The Morgan fingerprint density at radius 2 is 1.84 bits per heavy atom. The van der Waals surface area contributed by atoms with E-state index in [9.17, 15) is 0 Å². The molecule has 0 fully saturated rings. The van der Waals surface area contributed by atoms with Gasteiger partial charge in [0.25, 0.3) is 0 Å². The Balaban J connectivity index is 2.71. The molecular formula is C13H6Cl4N2. The topological polar surface area (TPSA) is 36.7 Å². The maximum Gasteiger partial charge on any atom is 0.129 e. The first-order valence-corrected chi connectivity index (χ1v) is 6.71. The first-order chi connectivity index (χ1) is 9.02. The second kappa shape index (κ2) is 5.98. The normalized spacial score (nSPS) is 10.3. The number of aromatic nitrogens is 1. The number of pyridine rings is 1. The summed E-state index contributed by atoms with van der Waals surface area (Å²) in [5.41, 5.74) is 1.79. The summed E-state index contributed by atoms with van der Waals surface area (Å²) in [7, 11) is 0. The van der Waals surface area contributed by atoms with Gasteiger partial charge in [-0.05, 0) is 23.8 Å². The van der Waals surface area contributed by atoms with Gasteiger partial charge in [0.15, 0.2) is 0 Å². The van der Waals surface area contributed by atoms with Crippen LogP contribution in [0.15, 0.2) is 24.3 Å². The monoisotopic (exact) mass is 330 g/mol. The number of rotatable bonds is 2. The minimum absolute atomic E-state index is 0.194. The first kappa shape index (κ1) is 14.4. The van der Waals surface area contributed by atoms with Crippen LogP contribution in [0, 0.1) is 11.3 Å². The van der Waals surface area contributed by atoms with Crippen LogP contribution in [0.3, 0.4) is 0 Å². The van der Waals surface area contributed by atoms with Crippen LogP contribution in [0.1, 0.15) is 5.56 Å². The maximum atomic E-state index is 8.84. The molecule has 0 saturated carbocycles. The van der Waals surface area contributed by atoms with E-state index < -0.39 is 0 Å². The fourth-order valence-electron chi connectivity index (χ4n) is 1.65. The van der Waals surface area contributed by atoms with Gasteiger partial charge in [0.2, 0.25) is 0 Å². The van der Waals surface area contributed by atoms with Crippen molar-refractivity contribution in [2.45, 2.75) is 6.42 Å². The molecule has 2 nitrogen and oxygen atoms in total. The Bertz CT molecular complexity index is 677. The molecular weight excluding hydrogens is 326 g/mol. The summed E-state index contributed by atoms with van der Waals surface area (Å²) in [4.78, 5) is 4.22. The number of nitriles is 1. The Morgan fingerprint density at radius 1 is 1.11 bits per heavy atom. The molecule has 2 rings (SSSR count). The molecule has 0 unspecified atom stereocenters. The van der Waals surface area contributed by atoms with Crippen LogP contribution in [0.2, 0.25) is 20.2 Å². The van der Waals surface area contributed by atoms with Crippen LogP contribution in [0.5, 0.6) is 0 Å². The number of halogens is 4.